The van der Waals surface area contributed by atoms with E-state index in [1.165, 1.54) is 0 Å². The highest BCUT2D eigenvalue weighted by Gasteiger charge is 2.33. The monoisotopic (exact) mass is 295 g/mol. The molecule has 0 aliphatic carbocycles. The zero-order chi connectivity index (χ0) is 15.6. The summed E-state index contributed by atoms with van der Waals surface area (Å²) in [6.07, 6.45) is 1.77. The second kappa shape index (κ2) is 5.83. The molecule has 1 aromatic carbocycles. The van der Waals surface area contributed by atoms with Gasteiger partial charge >= 0.3 is 5.69 Å². The first-order chi connectivity index (χ1) is 9.97. The maximum atomic E-state index is 14.0. The summed E-state index contributed by atoms with van der Waals surface area (Å²) >= 11 is 0. The third-order valence-electron chi connectivity index (χ3n) is 3.39. The van der Waals surface area contributed by atoms with Crippen LogP contribution in [-0.2, 0) is 0 Å². The summed E-state index contributed by atoms with van der Waals surface area (Å²) in [5.74, 6) is -3.71. The maximum absolute atomic E-state index is 14.0. The Kier molecular flexibility index (Phi) is 4.12. The lowest BCUT2D eigenvalue weighted by Gasteiger charge is -2.31. The summed E-state index contributed by atoms with van der Waals surface area (Å²) < 4.78 is 27.7. The molecule has 0 aromatic heterocycles. The van der Waals surface area contributed by atoms with Gasteiger partial charge in [0.1, 0.15) is 17.4 Å². The first kappa shape index (κ1) is 14.8. The lowest BCUT2D eigenvalue weighted by Crippen LogP contribution is -2.43. The molecule has 1 unspecified atom stereocenters. The number of nitriles is 1. The Morgan fingerprint density at radius 3 is 2.76 bits per heavy atom. The number of benzene rings is 1. The first-order valence-electron chi connectivity index (χ1n) is 6.30. The largest absolute Gasteiger partial charge is 0.322 e. The van der Waals surface area contributed by atoms with E-state index in [1.54, 1.807) is 0 Å². The number of hydrogen-bond acceptors (Lipinski definition) is 4. The van der Waals surface area contributed by atoms with E-state index in [9.17, 15) is 23.7 Å². The Balaban J connectivity index is 2.46. The average Bonchev–Trinajstić information content (AvgIpc) is 2.46. The van der Waals surface area contributed by atoms with E-state index in [0.29, 0.717) is 25.0 Å². The van der Waals surface area contributed by atoms with Crippen LogP contribution in [0.15, 0.2) is 12.1 Å². The molecule has 1 heterocycles. The lowest BCUT2D eigenvalue weighted by molar-refractivity contribution is -0.387. The van der Waals surface area contributed by atoms with Crippen molar-refractivity contribution in [3.05, 3.63) is 39.4 Å². The van der Waals surface area contributed by atoms with Gasteiger partial charge in [-0.05, 0) is 25.3 Å². The Hall–Kier alpha value is -2.56. The number of carbonyl (C=O) groups is 1. The van der Waals surface area contributed by atoms with E-state index >= 15 is 0 Å². The third kappa shape index (κ3) is 2.67. The van der Waals surface area contributed by atoms with E-state index in [-0.39, 0.29) is 6.54 Å². The fraction of sp³-hybridized carbons (Fsp3) is 0.385. The zero-order valence-electron chi connectivity index (χ0n) is 10.9. The fourth-order valence-electron chi connectivity index (χ4n) is 2.33. The number of likely N-dealkylation sites (tertiary alicyclic amines) is 1. The van der Waals surface area contributed by atoms with E-state index in [0.717, 1.165) is 11.3 Å². The minimum atomic E-state index is -1.51. The van der Waals surface area contributed by atoms with Gasteiger partial charge in [-0.25, -0.2) is 4.39 Å². The molecule has 8 heteroatoms. The summed E-state index contributed by atoms with van der Waals surface area (Å²) in [7, 11) is 0. The van der Waals surface area contributed by atoms with Gasteiger partial charge in [-0.2, -0.15) is 9.65 Å². The standard InChI is InChI=1S/C13H11F2N3O3/c14-9-4-5-10(18(20)21)12(15)11(9)13(19)17-6-2-1-3-8(17)7-16/h4-5,8H,1-3,6H2. The molecular formula is C13H11F2N3O3. The second-order valence-electron chi connectivity index (χ2n) is 4.65. The second-order valence-corrected chi connectivity index (χ2v) is 4.65. The van der Waals surface area contributed by atoms with Crippen molar-refractivity contribution >= 4 is 11.6 Å². The molecule has 0 bridgehead atoms. The maximum Gasteiger partial charge on any atom is 0.305 e. The Labute approximate surface area is 118 Å². The minimum Gasteiger partial charge on any atom is -0.322 e. The number of nitro groups is 1. The van der Waals surface area contributed by atoms with Crippen LogP contribution in [0.2, 0.25) is 0 Å². The van der Waals surface area contributed by atoms with Crippen LogP contribution in [0.5, 0.6) is 0 Å². The van der Waals surface area contributed by atoms with E-state index in [2.05, 4.69) is 0 Å². The molecule has 1 saturated heterocycles. The number of nitro benzene ring substituents is 1. The molecule has 6 nitrogen and oxygen atoms in total. The van der Waals surface area contributed by atoms with Crippen LogP contribution in [0.3, 0.4) is 0 Å². The first-order valence-corrected chi connectivity index (χ1v) is 6.30. The molecule has 2 rings (SSSR count). The van der Waals surface area contributed by atoms with Crippen molar-refractivity contribution in [2.75, 3.05) is 6.54 Å². The van der Waals surface area contributed by atoms with Crippen molar-refractivity contribution in [3.8, 4) is 6.07 Å². The molecule has 21 heavy (non-hydrogen) atoms. The molecule has 0 saturated carbocycles. The third-order valence-corrected chi connectivity index (χ3v) is 3.39. The Bertz CT molecular complexity index is 642. The van der Waals surface area contributed by atoms with E-state index in [4.69, 9.17) is 5.26 Å². The van der Waals surface area contributed by atoms with Crippen molar-refractivity contribution in [1.82, 2.24) is 4.90 Å². The lowest BCUT2D eigenvalue weighted by atomic mass is 10.0. The van der Waals surface area contributed by atoms with Crippen LogP contribution in [-0.4, -0.2) is 28.3 Å². The Morgan fingerprint density at radius 1 is 1.43 bits per heavy atom. The number of piperidine rings is 1. The molecule has 1 amide bonds. The van der Waals surface area contributed by atoms with Gasteiger partial charge in [-0.15, -0.1) is 0 Å². The number of amides is 1. The number of halogens is 2. The average molecular weight is 295 g/mol. The van der Waals surface area contributed by atoms with Gasteiger partial charge in [0.05, 0.1) is 11.0 Å². The van der Waals surface area contributed by atoms with Crippen molar-refractivity contribution in [2.45, 2.75) is 25.3 Å². The van der Waals surface area contributed by atoms with Gasteiger partial charge in [0, 0.05) is 12.6 Å². The van der Waals surface area contributed by atoms with Gasteiger partial charge in [0.2, 0.25) is 5.82 Å². The quantitative estimate of drug-likeness (QED) is 0.619. The van der Waals surface area contributed by atoms with Crippen LogP contribution in [0.4, 0.5) is 14.5 Å². The summed E-state index contributed by atoms with van der Waals surface area (Å²) in [5.41, 5.74) is -1.95. The number of hydrogen-bond donors (Lipinski definition) is 0. The predicted molar refractivity (Wildman–Crippen MR) is 67.3 cm³/mol. The van der Waals surface area contributed by atoms with Gasteiger partial charge in [-0.1, -0.05) is 0 Å². The SMILES string of the molecule is N#CC1CCCCN1C(=O)c1c(F)ccc([N+](=O)[O-])c1F. The summed E-state index contributed by atoms with van der Waals surface area (Å²) in [4.78, 5) is 23.0. The van der Waals surface area contributed by atoms with Gasteiger partial charge in [0.15, 0.2) is 0 Å². The van der Waals surface area contributed by atoms with Gasteiger partial charge in [0.25, 0.3) is 5.91 Å². The number of nitrogens with zero attached hydrogens (tertiary/aromatic N) is 3. The van der Waals surface area contributed by atoms with Crippen molar-refractivity contribution < 1.29 is 18.5 Å². The summed E-state index contributed by atoms with van der Waals surface area (Å²) in [6.45, 7) is 0.193. The van der Waals surface area contributed by atoms with Crippen LogP contribution in [0.1, 0.15) is 29.6 Å². The highest BCUT2D eigenvalue weighted by Crippen LogP contribution is 2.26. The van der Waals surface area contributed by atoms with E-state index < -0.39 is 39.8 Å². The molecule has 0 spiro atoms. The van der Waals surface area contributed by atoms with Crippen LogP contribution in [0.25, 0.3) is 0 Å². The summed E-state index contributed by atoms with van der Waals surface area (Å²) in [6, 6.07) is 2.48. The molecule has 1 aromatic rings. The molecule has 1 fully saturated rings. The molecule has 1 atom stereocenters. The predicted octanol–water partition coefficient (Wildman–Crippen LogP) is 2.39. The van der Waals surface area contributed by atoms with Gasteiger partial charge < -0.3 is 4.90 Å². The summed E-state index contributed by atoms with van der Waals surface area (Å²) in [5, 5.41) is 19.7. The molecule has 1 aliphatic heterocycles. The van der Waals surface area contributed by atoms with Gasteiger partial charge in [-0.3, -0.25) is 14.9 Å². The van der Waals surface area contributed by atoms with Crippen LogP contribution >= 0.6 is 0 Å². The van der Waals surface area contributed by atoms with Crippen molar-refractivity contribution in [3.63, 3.8) is 0 Å². The molecule has 0 radical (unpaired) electrons. The smallest absolute Gasteiger partial charge is 0.305 e. The molecule has 1 aliphatic rings. The highest BCUT2D eigenvalue weighted by atomic mass is 19.1. The molecular weight excluding hydrogens is 284 g/mol. The molecule has 0 N–H and O–H groups in total. The zero-order valence-corrected chi connectivity index (χ0v) is 10.9. The van der Waals surface area contributed by atoms with E-state index in [1.807, 2.05) is 6.07 Å². The van der Waals surface area contributed by atoms with Crippen LogP contribution < -0.4 is 0 Å². The number of carbonyl (C=O) groups excluding carboxylic acids is 1. The van der Waals surface area contributed by atoms with Crippen molar-refractivity contribution in [1.29, 1.82) is 5.26 Å². The highest BCUT2D eigenvalue weighted by molar-refractivity contribution is 5.96. The molecule has 110 valence electrons. The normalized spacial score (nSPS) is 18.1. The number of rotatable bonds is 2. The fourth-order valence-corrected chi connectivity index (χ4v) is 2.33. The van der Waals surface area contributed by atoms with Crippen LogP contribution in [0, 0.1) is 33.1 Å². The minimum absolute atomic E-state index is 0.193. The topological polar surface area (TPSA) is 87.2 Å². The Morgan fingerprint density at radius 2 is 2.14 bits per heavy atom. The van der Waals surface area contributed by atoms with Crippen molar-refractivity contribution in [2.24, 2.45) is 0 Å².